The minimum Gasteiger partial charge on any atom is -0.444 e. The number of nitrogens with one attached hydrogen (secondary N) is 1. The van der Waals surface area contributed by atoms with E-state index < -0.39 is 11.7 Å². The number of nitrogens with zero attached hydrogens (tertiary/aromatic N) is 1. The van der Waals surface area contributed by atoms with Gasteiger partial charge in [-0.25, -0.2) is 4.79 Å². The van der Waals surface area contributed by atoms with Crippen molar-refractivity contribution in [3.63, 3.8) is 0 Å². The van der Waals surface area contributed by atoms with Crippen molar-refractivity contribution in [2.24, 2.45) is 5.92 Å². The average molecular weight is 272 g/mol. The second-order valence-electron chi connectivity index (χ2n) is 5.86. The second kappa shape index (κ2) is 6.75. The van der Waals surface area contributed by atoms with Gasteiger partial charge in [-0.3, -0.25) is 10.1 Å². The van der Waals surface area contributed by atoms with Crippen LogP contribution in [-0.2, 0) is 14.3 Å². The van der Waals surface area contributed by atoms with Crippen molar-refractivity contribution >= 4 is 12.1 Å². The van der Waals surface area contributed by atoms with Gasteiger partial charge in [-0.1, -0.05) is 0 Å². The first-order chi connectivity index (χ1) is 8.78. The molecule has 0 aromatic carbocycles. The topological polar surface area (TPSA) is 67.9 Å². The first kappa shape index (κ1) is 15.8. The molecular formula is C13H24N2O4. The standard InChI is InChI=1S/C13H24N2O4/c1-13(2,3)19-12(17)14-9-18-11(16)10-5-7-15(4)8-6-10/h10H,5-9H2,1-4H3,(H,14,17). The second-order valence-corrected chi connectivity index (χ2v) is 5.86. The van der Waals surface area contributed by atoms with Gasteiger partial charge in [-0.2, -0.15) is 0 Å². The first-order valence-corrected chi connectivity index (χ1v) is 6.60. The van der Waals surface area contributed by atoms with E-state index in [1.165, 1.54) is 0 Å². The van der Waals surface area contributed by atoms with E-state index in [0.717, 1.165) is 25.9 Å². The van der Waals surface area contributed by atoms with E-state index in [1.807, 2.05) is 7.05 Å². The van der Waals surface area contributed by atoms with E-state index in [2.05, 4.69) is 10.2 Å². The summed E-state index contributed by atoms with van der Waals surface area (Å²) in [7, 11) is 2.03. The molecule has 1 rings (SSSR count). The molecular weight excluding hydrogens is 248 g/mol. The van der Waals surface area contributed by atoms with Crippen LogP contribution >= 0.6 is 0 Å². The maximum Gasteiger partial charge on any atom is 0.410 e. The molecule has 1 N–H and O–H groups in total. The molecule has 0 unspecified atom stereocenters. The van der Waals surface area contributed by atoms with Crippen LogP contribution in [0.1, 0.15) is 33.6 Å². The van der Waals surface area contributed by atoms with E-state index in [4.69, 9.17) is 9.47 Å². The molecule has 1 amide bonds. The van der Waals surface area contributed by atoms with Crippen LogP contribution in [0.2, 0.25) is 0 Å². The quantitative estimate of drug-likeness (QED) is 0.620. The Morgan fingerprint density at radius 1 is 1.26 bits per heavy atom. The Morgan fingerprint density at radius 3 is 2.37 bits per heavy atom. The van der Waals surface area contributed by atoms with Gasteiger partial charge in [0.05, 0.1) is 5.92 Å². The number of amides is 1. The smallest absolute Gasteiger partial charge is 0.410 e. The van der Waals surface area contributed by atoms with Crippen LogP contribution in [-0.4, -0.2) is 49.4 Å². The molecule has 1 heterocycles. The molecule has 6 heteroatoms. The Hall–Kier alpha value is -1.30. The number of carbonyl (C=O) groups excluding carboxylic acids is 2. The van der Waals surface area contributed by atoms with Crippen molar-refractivity contribution < 1.29 is 19.1 Å². The third-order valence-corrected chi connectivity index (χ3v) is 2.88. The van der Waals surface area contributed by atoms with Gasteiger partial charge in [0.1, 0.15) is 5.60 Å². The van der Waals surface area contributed by atoms with Crippen LogP contribution in [0, 0.1) is 5.92 Å². The first-order valence-electron chi connectivity index (χ1n) is 6.60. The molecule has 1 aliphatic heterocycles. The lowest BCUT2D eigenvalue weighted by molar-refractivity contribution is -0.150. The maximum atomic E-state index is 11.7. The van der Waals surface area contributed by atoms with Gasteiger partial charge >= 0.3 is 12.1 Å². The lowest BCUT2D eigenvalue weighted by Crippen LogP contribution is -2.37. The summed E-state index contributed by atoms with van der Waals surface area (Å²) in [6.45, 7) is 6.99. The van der Waals surface area contributed by atoms with Crippen LogP contribution in [0.25, 0.3) is 0 Å². The Kier molecular flexibility index (Phi) is 5.60. The van der Waals surface area contributed by atoms with Gasteiger partial charge in [0.25, 0.3) is 0 Å². The van der Waals surface area contributed by atoms with Gasteiger partial charge in [0, 0.05) is 0 Å². The molecule has 0 saturated carbocycles. The van der Waals surface area contributed by atoms with Crippen LogP contribution < -0.4 is 5.32 Å². The maximum absolute atomic E-state index is 11.7. The summed E-state index contributed by atoms with van der Waals surface area (Å²) in [6, 6.07) is 0. The number of esters is 1. The van der Waals surface area contributed by atoms with Crippen molar-refractivity contribution in [1.82, 2.24) is 10.2 Å². The average Bonchev–Trinajstić information content (AvgIpc) is 2.27. The van der Waals surface area contributed by atoms with Gasteiger partial charge < -0.3 is 14.4 Å². The number of rotatable bonds is 3. The van der Waals surface area contributed by atoms with Crippen molar-refractivity contribution in [1.29, 1.82) is 0 Å². The van der Waals surface area contributed by atoms with Gasteiger partial charge in [0.2, 0.25) is 0 Å². The SMILES string of the molecule is CN1CCC(C(=O)OCNC(=O)OC(C)(C)C)CC1. The van der Waals surface area contributed by atoms with Crippen molar-refractivity contribution in [3.05, 3.63) is 0 Å². The summed E-state index contributed by atoms with van der Waals surface area (Å²) < 4.78 is 10.1. The molecule has 1 aliphatic rings. The van der Waals surface area contributed by atoms with E-state index >= 15 is 0 Å². The molecule has 0 aromatic rings. The van der Waals surface area contributed by atoms with Crippen LogP contribution in [0.15, 0.2) is 0 Å². The Morgan fingerprint density at radius 2 is 1.84 bits per heavy atom. The summed E-state index contributed by atoms with van der Waals surface area (Å²) in [5, 5.41) is 2.40. The highest BCUT2D eigenvalue weighted by Crippen LogP contribution is 2.17. The Balaban J connectivity index is 2.18. The molecule has 0 radical (unpaired) electrons. The predicted octanol–water partition coefficient (Wildman–Crippen LogP) is 1.35. The van der Waals surface area contributed by atoms with E-state index in [9.17, 15) is 9.59 Å². The molecule has 0 bridgehead atoms. The zero-order chi connectivity index (χ0) is 14.5. The molecule has 1 fully saturated rings. The van der Waals surface area contributed by atoms with Gasteiger partial charge in [0.15, 0.2) is 6.73 Å². The van der Waals surface area contributed by atoms with Crippen molar-refractivity contribution in [2.75, 3.05) is 26.9 Å². The molecule has 0 aliphatic carbocycles. The number of hydrogen-bond donors (Lipinski definition) is 1. The summed E-state index contributed by atoms with van der Waals surface area (Å²) in [6.07, 6.45) is 1.03. The van der Waals surface area contributed by atoms with Crippen molar-refractivity contribution in [2.45, 2.75) is 39.2 Å². The largest absolute Gasteiger partial charge is 0.444 e. The monoisotopic (exact) mass is 272 g/mol. The molecule has 0 aromatic heterocycles. The number of carbonyl (C=O) groups is 2. The van der Waals surface area contributed by atoms with Crippen LogP contribution in [0.4, 0.5) is 4.79 Å². The fourth-order valence-electron chi connectivity index (χ4n) is 1.84. The predicted molar refractivity (Wildman–Crippen MR) is 70.5 cm³/mol. The fourth-order valence-corrected chi connectivity index (χ4v) is 1.84. The van der Waals surface area contributed by atoms with E-state index in [1.54, 1.807) is 20.8 Å². The van der Waals surface area contributed by atoms with E-state index in [0.29, 0.717) is 0 Å². The number of hydrogen-bond acceptors (Lipinski definition) is 5. The van der Waals surface area contributed by atoms with Crippen molar-refractivity contribution in [3.8, 4) is 0 Å². The number of alkyl carbamates (subject to hydrolysis) is 1. The molecule has 19 heavy (non-hydrogen) atoms. The normalized spacial score (nSPS) is 17.9. The Labute approximate surface area is 114 Å². The minimum absolute atomic E-state index is 0.0587. The Bertz CT molecular complexity index is 317. The van der Waals surface area contributed by atoms with Gasteiger partial charge in [-0.05, 0) is 53.8 Å². The highest BCUT2D eigenvalue weighted by Gasteiger charge is 2.24. The summed E-state index contributed by atoms with van der Waals surface area (Å²) in [5.74, 6) is -0.305. The summed E-state index contributed by atoms with van der Waals surface area (Å²) >= 11 is 0. The molecule has 0 spiro atoms. The summed E-state index contributed by atoms with van der Waals surface area (Å²) in [4.78, 5) is 25.3. The highest BCUT2D eigenvalue weighted by atomic mass is 16.6. The lowest BCUT2D eigenvalue weighted by atomic mass is 9.97. The summed E-state index contributed by atoms with van der Waals surface area (Å²) in [5.41, 5.74) is -0.554. The molecule has 110 valence electrons. The number of likely N-dealkylation sites (tertiary alicyclic amines) is 1. The third-order valence-electron chi connectivity index (χ3n) is 2.88. The minimum atomic E-state index is -0.580. The highest BCUT2D eigenvalue weighted by molar-refractivity contribution is 5.73. The van der Waals surface area contributed by atoms with Gasteiger partial charge in [-0.15, -0.1) is 0 Å². The number of piperidine rings is 1. The molecule has 1 saturated heterocycles. The van der Waals surface area contributed by atoms with Crippen LogP contribution in [0.3, 0.4) is 0 Å². The van der Waals surface area contributed by atoms with E-state index in [-0.39, 0.29) is 18.6 Å². The molecule has 0 atom stereocenters. The third kappa shape index (κ3) is 6.42. The van der Waals surface area contributed by atoms with Crippen LogP contribution in [0.5, 0.6) is 0 Å². The zero-order valence-electron chi connectivity index (χ0n) is 12.2. The fraction of sp³-hybridized carbons (Fsp3) is 0.846. The zero-order valence-corrected chi connectivity index (χ0v) is 12.2. The lowest BCUT2D eigenvalue weighted by Gasteiger charge is -2.27. The number of ether oxygens (including phenoxy) is 2. The molecule has 6 nitrogen and oxygen atoms in total.